The summed E-state index contributed by atoms with van der Waals surface area (Å²) in [6, 6.07) is 1.81. The summed E-state index contributed by atoms with van der Waals surface area (Å²) in [4.78, 5) is 0. The van der Waals surface area contributed by atoms with Gasteiger partial charge in [0.1, 0.15) is 5.75 Å². The first-order chi connectivity index (χ1) is 5.57. The molecule has 0 saturated heterocycles. The minimum atomic E-state index is 0.655. The Hall–Kier alpha value is 0.260. The third kappa shape index (κ3) is 1.78. The van der Waals surface area contributed by atoms with E-state index in [-0.39, 0.29) is 0 Å². The quantitative estimate of drug-likeness (QED) is 0.614. The average Bonchev–Trinajstić information content (AvgIpc) is 2.08. The molecule has 0 amide bonds. The summed E-state index contributed by atoms with van der Waals surface area (Å²) >= 11 is 10.0. The summed E-state index contributed by atoms with van der Waals surface area (Å²) in [5.41, 5.74) is 6.38. The Bertz CT molecular complexity index is 314. The van der Waals surface area contributed by atoms with E-state index in [0.717, 1.165) is 19.2 Å². The van der Waals surface area contributed by atoms with E-state index < -0.39 is 0 Å². The maximum atomic E-state index is 5.73. The molecule has 0 saturated carbocycles. The molecule has 0 spiro atoms. The SMILES string of the molecule is COc1cc(Br)c(N)c(Br)c1Br. The highest BCUT2D eigenvalue weighted by atomic mass is 79.9. The first kappa shape index (κ1) is 10.3. The van der Waals surface area contributed by atoms with Gasteiger partial charge >= 0.3 is 0 Å². The molecule has 12 heavy (non-hydrogen) atoms. The van der Waals surface area contributed by atoms with Gasteiger partial charge in [-0.1, -0.05) is 0 Å². The van der Waals surface area contributed by atoms with Crippen LogP contribution in [-0.4, -0.2) is 7.11 Å². The number of hydrogen-bond donors (Lipinski definition) is 1. The fourth-order valence-corrected chi connectivity index (χ4v) is 2.31. The fraction of sp³-hybridized carbons (Fsp3) is 0.143. The normalized spacial score (nSPS) is 10.0. The number of ether oxygens (including phenoxy) is 1. The van der Waals surface area contributed by atoms with Crippen LogP contribution in [0.25, 0.3) is 0 Å². The molecule has 5 heteroatoms. The minimum Gasteiger partial charge on any atom is -0.495 e. The van der Waals surface area contributed by atoms with Gasteiger partial charge in [-0.3, -0.25) is 0 Å². The average molecular weight is 360 g/mol. The first-order valence-electron chi connectivity index (χ1n) is 3.05. The molecule has 1 aromatic carbocycles. The third-order valence-corrected chi connectivity index (χ3v) is 4.18. The molecular weight excluding hydrogens is 354 g/mol. The summed E-state index contributed by atoms with van der Waals surface area (Å²) in [6.45, 7) is 0. The van der Waals surface area contributed by atoms with Crippen molar-refractivity contribution in [1.29, 1.82) is 0 Å². The molecule has 2 N–H and O–H groups in total. The van der Waals surface area contributed by atoms with Crippen molar-refractivity contribution in [2.75, 3.05) is 12.8 Å². The van der Waals surface area contributed by atoms with Gasteiger partial charge in [-0.05, 0) is 53.9 Å². The Morgan fingerprint density at radius 2 is 1.83 bits per heavy atom. The van der Waals surface area contributed by atoms with Crippen LogP contribution in [0.4, 0.5) is 5.69 Å². The van der Waals surface area contributed by atoms with Crippen molar-refractivity contribution in [2.45, 2.75) is 0 Å². The van der Waals surface area contributed by atoms with Crippen molar-refractivity contribution in [2.24, 2.45) is 0 Å². The minimum absolute atomic E-state index is 0.655. The van der Waals surface area contributed by atoms with E-state index in [1.165, 1.54) is 0 Å². The second-order valence-electron chi connectivity index (χ2n) is 2.10. The summed E-state index contributed by atoms with van der Waals surface area (Å²) in [7, 11) is 1.61. The van der Waals surface area contributed by atoms with Crippen LogP contribution in [0.3, 0.4) is 0 Å². The van der Waals surface area contributed by atoms with Gasteiger partial charge in [-0.25, -0.2) is 0 Å². The summed E-state index contributed by atoms with van der Waals surface area (Å²) in [5.74, 6) is 0.739. The lowest BCUT2D eigenvalue weighted by Gasteiger charge is -2.08. The topological polar surface area (TPSA) is 35.2 Å². The van der Waals surface area contributed by atoms with Crippen molar-refractivity contribution in [3.05, 3.63) is 19.5 Å². The number of hydrogen-bond acceptors (Lipinski definition) is 2. The zero-order valence-corrected chi connectivity index (χ0v) is 11.0. The maximum Gasteiger partial charge on any atom is 0.135 e. The standard InChI is InChI=1S/C7H6Br3NO/c1-12-4-2-3(8)7(11)6(10)5(4)9/h2H,11H2,1H3. The number of benzene rings is 1. The van der Waals surface area contributed by atoms with E-state index in [1.54, 1.807) is 7.11 Å². The van der Waals surface area contributed by atoms with Crippen LogP contribution in [0, 0.1) is 0 Å². The number of methoxy groups -OCH3 is 1. The summed E-state index contributed by atoms with van der Waals surface area (Å²) in [5, 5.41) is 0. The van der Waals surface area contributed by atoms with Crippen molar-refractivity contribution >= 4 is 53.5 Å². The number of rotatable bonds is 1. The zero-order valence-electron chi connectivity index (χ0n) is 6.20. The smallest absolute Gasteiger partial charge is 0.135 e. The highest BCUT2D eigenvalue weighted by molar-refractivity contribution is 9.13. The van der Waals surface area contributed by atoms with Crippen LogP contribution in [0.2, 0.25) is 0 Å². The number of nitrogen functional groups attached to an aromatic ring is 1. The predicted octanol–water partition coefficient (Wildman–Crippen LogP) is 3.56. The van der Waals surface area contributed by atoms with Crippen molar-refractivity contribution < 1.29 is 4.74 Å². The van der Waals surface area contributed by atoms with Crippen molar-refractivity contribution in [1.82, 2.24) is 0 Å². The summed E-state index contributed by atoms with van der Waals surface area (Å²) < 4.78 is 7.54. The third-order valence-electron chi connectivity index (χ3n) is 1.38. The van der Waals surface area contributed by atoms with Crippen molar-refractivity contribution in [3.8, 4) is 5.75 Å². The molecule has 0 aromatic heterocycles. The molecule has 0 bridgehead atoms. The highest BCUT2D eigenvalue weighted by Gasteiger charge is 2.10. The first-order valence-corrected chi connectivity index (χ1v) is 5.42. The second kappa shape index (κ2) is 3.98. The van der Waals surface area contributed by atoms with E-state index in [4.69, 9.17) is 10.5 Å². The molecule has 0 heterocycles. The molecule has 0 atom stereocenters. The van der Waals surface area contributed by atoms with Crippen LogP contribution in [0.5, 0.6) is 5.75 Å². The van der Waals surface area contributed by atoms with Crippen LogP contribution < -0.4 is 10.5 Å². The molecule has 0 radical (unpaired) electrons. The molecule has 1 aromatic rings. The van der Waals surface area contributed by atoms with E-state index in [1.807, 2.05) is 6.07 Å². The highest BCUT2D eigenvalue weighted by Crippen LogP contribution is 2.41. The van der Waals surface area contributed by atoms with Crippen LogP contribution in [0.1, 0.15) is 0 Å². The predicted molar refractivity (Wildman–Crippen MR) is 60.5 cm³/mol. The molecule has 0 aliphatic carbocycles. The van der Waals surface area contributed by atoms with Crippen LogP contribution >= 0.6 is 47.8 Å². The van der Waals surface area contributed by atoms with Gasteiger partial charge in [0.25, 0.3) is 0 Å². The van der Waals surface area contributed by atoms with Crippen molar-refractivity contribution in [3.63, 3.8) is 0 Å². The lowest BCUT2D eigenvalue weighted by atomic mass is 10.3. The maximum absolute atomic E-state index is 5.73. The molecular formula is C7H6Br3NO. The van der Waals surface area contributed by atoms with E-state index in [2.05, 4.69) is 47.8 Å². The lowest BCUT2D eigenvalue weighted by molar-refractivity contribution is 0.411. The van der Waals surface area contributed by atoms with Gasteiger partial charge in [0, 0.05) is 4.47 Å². The Labute approximate surface area is 95.9 Å². The molecule has 0 unspecified atom stereocenters. The van der Waals surface area contributed by atoms with E-state index >= 15 is 0 Å². The van der Waals surface area contributed by atoms with Gasteiger partial charge in [0.05, 0.1) is 21.7 Å². The van der Waals surface area contributed by atoms with Gasteiger partial charge in [0.2, 0.25) is 0 Å². The Balaban J connectivity index is 3.39. The molecule has 0 aliphatic heterocycles. The lowest BCUT2D eigenvalue weighted by Crippen LogP contribution is -1.92. The molecule has 66 valence electrons. The van der Waals surface area contributed by atoms with Crippen LogP contribution in [-0.2, 0) is 0 Å². The molecule has 2 nitrogen and oxygen atoms in total. The van der Waals surface area contributed by atoms with Gasteiger partial charge < -0.3 is 10.5 Å². The molecule has 0 aliphatic rings. The van der Waals surface area contributed by atoms with Gasteiger partial charge in [-0.2, -0.15) is 0 Å². The Morgan fingerprint density at radius 1 is 1.25 bits per heavy atom. The Kier molecular flexibility index (Phi) is 3.43. The zero-order chi connectivity index (χ0) is 9.30. The van der Waals surface area contributed by atoms with E-state index in [9.17, 15) is 0 Å². The molecule has 1 rings (SSSR count). The summed E-state index contributed by atoms with van der Waals surface area (Å²) in [6.07, 6.45) is 0. The number of nitrogens with two attached hydrogens (primary N) is 1. The van der Waals surface area contributed by atoms with Gasteiger partial charge in [0.15, 0.2) is 0 Å². The molecule has 0 fully saturated rings. The largest absolute Gasteiger partial charge is 0.495 e. The fourth-order valence-electron chi connectivity index (χ4n) is 0.736. The Morgan fingerprint density at radius 3 is 2.33 bits per heavy atom. The number of anilines is 1. The van der Waals surface area contributed by atoms with E-state index in [0.29, 0.717) is 5.69 Å². The number of halogens is 3. The monoisotopic (exact) mass is 357 g/mol. The van der Waals surface area contributed by atoms with Crippen LogP contribution in [0.15, 0.2) is 19.5 Å². The van der Waals surface area contributed by atoms with Gasteiger partial charge in [-0.15, -0.1) is 0 Å². The second-order valence-corrected chi connectivity index (χ2v) is 4.54.